The third-order valence-corrected chi connectivity index (χ3v) is 6.83. The van der Waals surface area contributed by atoms with Gasteiger partial charge in [-0.2, -0.15) is 0 Å². The Balaban J connectivity index is 1.52. The van der Waals surface area contributed by atoms with Gasteiger partial charge in [0.2, 0.25) is 11.8 Å². The summed E-state index contributed by atoms with van der Waals surface area (Å²) in [5, 5.41) is 0.549. The van der Waals surface area contributed by atoms with Crippen molar-refractivity contribution in [2.75, 3.05) is 18.6 Å². The van der Waals surface area contributed by atoms with Crippen LogP contribution in [0.15, 0.2) is 48.5 Å². The molecule has 30 heavy (non-hydrogen) atoms. The van der Waals surface area contributed by atoms with Crippen LogP contribution in [0.25, 0.3) is 0 Å². The molecule has 3 aliphatic heterocycles. The fourth-order valence-electron chi connectivity index (χ4n) is 5.29. The van der Waals surface area contributed by atoms with Gasteiger partial charge in [0.15, 0.2) is 5.78 Å². The second-order valence-electron chi connectivity index (χ2n) is 8.02. The highest BCUT2D eigenvalue weighted by Gasteiger charge is 2.64. The van der Waals surface area contributed by atoms with Crippen molar-refractivity contribution < 1.29 is 19.1 Å². The molecule has 3 saturated heterocycles. The van der Waals surface area contributed by atoms with Crippen LogP contribution < -0.4 is 9.64 Å². The van der Waals surface area contributed by atoms with Crippen LogP contribution in [0.3, 0.4) is 0 Å². The molecule has 0 radical (unpaired) electrons. The fraction of sp³-hybridized carbons (Fsp3) is 0.348. The van der Waals surface area contributed by atoms with Gasteiger partial charge in [-0.3, -0.25) is 19.3 Å². The minimum absolute atomic E-state index is 0.0732. The smallest absolute Gasteiger partial charge is 0.239 e. The summed E-state index contributed by atoms with van der Waals surface area (Å²) in [5.74, 6) is -1.12. The molecular weight excluding hydrogens is 404 g/mol. The molecule has 0 aromatic heterocycles. The van der Waals surface area contributed by atoms with E-state index in [1.54, 1.807) is 55.6 Å². The van der Waals surface area contributed by atoms with Gasteiger partial charge in [-0.25, -0.2) is 4.90 Å². The molecule has 0 N–H and O–H groups in total. The molecule has 3 aliphatic rings. The van der Waals surface area contributed by atoms with Crippen molar-refractivity contribution in [3.05, 3.63) is 59.1 Å². The minimum Gasteiger partial charge on any atom is -0.497 e. The molecule has 3 heterocycles. The van der Waals surface area contributed by atoms with E-state index in [0.29, 0.717) is 22.0 Å². The number of halogens is 1. The molecule has 2 aromatic rings. The summed E-state index contributed by atoms with van der Waals surface area (Å²) < 4.78 is 5.17. The number of carbonyl (C=O) groups excluding carboxylic acids is 3. The SMILES string of the molecule is COc1ccc(N2C(=O)[C@H]3[C@H](C2=O)[C@@H](C(=O)c2ccc(Cl)cc2)N2CCC[C@H]32)cc1. The van der Waals surface area contributed by atoms with Gasteiger partial charge in [-0.05, 0) is 67.9 Å². The summed E-state index contributed by atoms with van der Waals surface area (Å²) in [6.07, 6.45) is 1.74. The van der Waals surface area contributed by atoms with Gasteiger partial charge in [-0.15, -0.1) is 0 Å². The average Bonchev–Trinajstić information content (AvgIpc) is 3.40. The van der Waals surface area contributed by atoms with E-state index in [9.17, 15) is 14.4 Å². The Bertz CT molecular complexity index is 1020. The fourth-order valence-corrected chi connectivity index (χ4v) is 5.41. The van der Waals surface area contributed by atoms with Crippen molar-refractivity contribution in [3.63, 3.8) is 0 Å². The van der Waals surface area contributed by atoms with Gasteiger partial charge in [0, 0.05) is 16.6 Å². The van der Waals surface area contributed by atoms with Gasteiger partial charge in [0.05, 0.1) is 30.7 Å². The second-order valence-corrected chi connectivity index (χ2v) is 8.46. The Morgan fingerprint density at radius 1 is 1.00 bits per heavy atom. The van der Waals surface area contributed by atoms with Crippen LogP contribution in [0.5, 0.6) is 5.75 Å². The molecule has 0 aliphatic carbocycles. The van der Waals surface area contributed by atoms with E-state index in [-0.39, 0.29) is 23.6 Å². The Kier molecular flexibility index (Phi) is 4.64. The van der Waals surface area contributed by atoms with Crippen molar-refractivity contribution >= 4 is 34.9 Å². The van der Waals surface area contributed by atoms with Crippen molar-refractivity contribution in [2.45, 2.75) is 24.9 Å². The Hall–Kier alpha value is -2.70. The summed E-state index contributed by atoms with van der Waals surface area (Å²) in [7, 11) is 1.56. The Morgan fingerprint density at radius 2 is 1.67 bits per heavy atom. The van der Waals surface area contributed by atoms with E-state index in [1.807, 2.05) is 0 Å². The van der Waals surface area contributed by atoms with Gasteiger partial charge in [0.25, 0.3) is 0 Å². The number of methoxy groups -OCH3 is 1. The Morgan fingerprint density at radius 3 is 2.33 bits per heavy atom. The monoisotopic (exact) mass is 424 g/mol. The highest BCUT2D eigenvalue weighted by molar-refractivity contribution is 6.30. The largest absolute Gasteiger partial charge is 0.497 e. The molecule has 154 valence electrons. The van der Waals surface area contributed by atoms with Gasteiger partial charge in [-0.1, -0.05) is 11.6 Å². The van der Waals surface area contributed by atoms with Crippen LogP contribution in [-0.2, 0) is 9.59 Å². The van der Waals surface area contributed by atoms with Crippen LogP contribution in [0.2, 0.25) is 5.02 Å². The normalized spacial score (nSPS) is 28.0. The maximum atomic E-state index is 13.5. The third-order valence-electron chi connectivity index (χ3n) is 6.58. The van der Waals surface area contributed by atoms with Crippen molar-refractivity contribution in [3.8, 4) is 5.75 Å². The number of benzene rings is 2. The summed E-state index contributed by atoms with van der Waals surface area (Å²) in [5.41, 5.74) is 1.03. The molecule has 0 unspecified atom stereocenters. The first-order valence-electron chi connectivity index (χ1n) is 10.1. The topological polar surface area (TPSA) is 66.9 Å². The summed E-state index contributed by atoms with van der Waals surface area (Å²) in [6, 6.07) is 12.9. The van der Waals surface area contributed by atoms with Crippen molar-refractivity contribution in [2.24, 2.45) is 11.8 Å². The first-order valence-corrected chi connectivity index (χ1v) is 10.5. The number of nitrogens with zero attached hydrogens (tertiary/aromatic N) is 2. The summed E-state index contributed by atoms with van der Waals surface area (Å²) >= 11 is 5.97. The zero-order chi connectivity index (χ0) is 21.0. The van der Waals surface area contributed by atoms with Crippen LogP contribution in [0.4, 0.5) is 5.69 Å². The van der Waals surface area contributed by atoms with E-state index in [4.69, 9.17) is 16.3 Å². The van der Waals surface area contributed by atoms with E-state index >= 15 is 0 Å². The number of ether oxygens (including phenoxy) is 1. The molecule has 2 aromatic carbocycles. The number of anilines is 1. The van der Waals surface area contributed by atoms with Gasteiger partial charge >= 0.3 is 0 Å². The number of hydrogen-bond donors (Lipinski definition) is 0. The molecule has 2 amide bonds. The number of Topliss-reactive ketones (excluding diaryl/α,β-unsaturated/α-hetero) is 1. The second kappa shape index (κ2) is 7.22. The van der Waals surface area contributed by atoms with Crippen molar-refractivity contribution in [1.82, 2.24) is 4.90 Å². The number of hydrogen-bond acceptors (Lipinski definition) is 5. The maximum Gasteiger partial charge on any atom is 0.239 e. The zero-order valence-corrected chi connectivity index (χ0v) is 17.2. The molecule has 0 saturated carbocycles. The minimum atomic E-state index is -0.659. The van der Waals surface area contributed by atoms with E-state index < -0.39 is 17.9 Å². The van der Waals surface area contributed by atoms with E-state index in [0.717, 1.165) is 19.4 Å². The third kappa shape index (κ3) is 2.78. The molecule has 0 spiro atoms. The lowest BCUT2D eigenvalue weighted by Crippen LogP contribution is -2.46. The first kappa shape index (κ1) is 19.3. The van der Waals surface area contributed by atoms with E-state index in [2.05, 4.69) is 4.90 Å². The predicted octanol–water partition coefficient (Wildman–Crippen LogP) is 3.18. The highest BCUT2D eigenvalue weighted by Crippen LogP contribution is 2.48. The summed E-state index contributed by atoms with van der Waals surface area (Å²) in [4.78, 5) is 43.6. The number of ketones is 1. The van der Waals surface area contributed by atoms with Crippen LogP contribution in [0, 0.1) is 11.8 Å². The maximum absolute atomic E-state index is 13.5. The number of fused-ring (bicyclic) bond motifs is 3. The molecule has 7 heteroatoms. The highest BCUT2D eigenvalue weighted by atomic mass is 35.5. The van der Waals surface area contributed by atoms with Gasteiger partial charge in [0.1, 0.15) is 5.75 Å². The van der Waals surface area contributed by atoms with Crippen LogP contribution in [0.1, 0.15) is 23.2 Å². The lowest BCUT2D eigenvalue weighted by atomic mass is 9.85. The average molecular weight is 425 g/mol. The standard InChI is InChI=1S/C23H21ClN2O4/c1-30-16-10-8-15(9-11-16)26-22(28)18-17-3-2-12-25(17)20(19(18)23(26)29)21(27)13-4-6-14(24)7-5-13/h4-11,17-20H,2-3,12H2,1H3/t17-,18-,19+,20+/m1/s1. The van der Waals surface area contributed by atoms with E-state index in [1.165, 1.54) is 4.90 Å². The molecular formula is C23H21ClN2O4. The first-order chi connectivity index (χ1) is 14.5. The molecule has 0 bridgehead atoms. The quantitative estimate of drug-likeness (QED) is 0.557. The van der Waals surface area contributed by atoms with Crippen LogP contribution >= 0.6 is 11.6 Å². The predicted molar refractivity (Wildman–Crippen MR) is 112 cm³/mol. The zero-order valence-electron chi connectivity index (χ0n) is 16.5. The molecule has 4 atom stereocenters. The summed E-state index contributed by atoms with van der Waals surface area (Å²) in [6.45, 7) is 0.727. The lowest BCUT2D eigenvalue weighted by molar-refractivity contribution is -0.123. The molecule has 6 nitrogen and oxygen atoms in total. The molecule has 3 fully saturated rings. The van der Waals surface area contributed by atoms with Gasteiger partial charge < -0.3 is 4.74 Å². The number of rotatable bonds is 4. The van der Waals surface area contributed by atoms with Crippen LogP contribution in [-0.4, -0.2) is 48.2 Å². The number of carbonyl (C=O) groups is 3. The lowest BCUT2D eigenvalue weighted by Gasteiger charge is -2.27. The number of amides is 2. The Labute approximate surface area is 179 Å². The van der Waals surface area contributed by atoms with Crippen molar-refractivity contribution in [1.29, 1.82) is 0 Å². The number of imide groups is 1. The molecule has 5 rings (SSSR count).